The van der Waals surface area contributed by atoms with Gasteiger partial charge in [0.05, 0.1) is 0 Å². The molecule has 1 heterocycles. The van der Waals surface area contributed by atoms with Crippen LogP contribution in [0.3, 0.4) is 0 Å². The number of hydrogen-bond acceptors (Lipinski definition) is 5. The van der Waals surface area contributed by atoms with Crippen LogP contribution in [-0.4, -0.2) is 27.1 Å². The number of pyridine rings is 1. The summed E-state index contributed by atoms with van der Waals surface area (Å²) in [7, 11) is 0. The minimum absolute atomic E-state index is 0.0476. The summed E-state index contributed by atoms with van der Waals surface area (Å²) in [5.74, 6) is -7.11. The molecule has 1 aromatic heterocycles. The Bertz CT molecular complexity index is 1270. The Morgan fingerprint density at radius 1 is 0.968 bits per heavy atom. The van der Waals surface area contributed by atoms with E-state index >= 15 is 0 Å². The fourth-order valence-corrected chi connectivity index (χ4v) is 2.90. The summed E-state index contributed by atoms with van der Waals surface area (Å²) in [6.07, 6.45) is 0. The van der Waals surface area contributed by atoms with Crippen LogP contribution in [-0.2, 0) is 6.61 Å². The normalized spacial score (nSPS) is 10.7. The van der Waals surface area contributed by atoms with Crippen LogP contribution in [0.4, 0.5) is 19.0 Å². The summed E-state index contributed by atoms with van der Waals surface area (Å²) in [5, 5.41) is 18.8. The van der Waals surface area contributed by atoms with Crippen molar-refractivity contribution in [3.05, 3.63) is 80.9 Å². The third-order valence-electron chi connectivity index (χ3n) is 4.29. The number of anilines is 1. The van der Waals surface area contributed by atoms with Crippen molar-refractivity contribution in [3.8, 4) is 16.9 Å². The number of carbonyl (C=O) groups is 2. The van der Waals surface area contributed by atoms with Crippen molar-refractivity contribution in [2.24, 2.45) is 0 Å². The van der Waals surface area contributed by atoms with Gasteiger partial charge in [0.15, 0.2) is 11.6 Å². The van der Waals surface area contributed by atoms with Crippen LogP contribution in [0, 0.1) is 17.5 Å². The molecule has 3 rings (SSSR count). The highest BCUT2D eigenvalue weighted by atomic mass is 19.1. The predicted octanol–water partition coefficient (Wildman–Crippen LogP) is 3.02. The molecule has 0 unspecified atom stereocenters. The van der Waals surface area contributed by atoms with E-state index in [0.29, 0.717) is 6.07 Å². The first-order valence-corrected chi connectivity index (χ1v) is 8.49. The fourth-order valence-electron chi connectivity index (χ4n) is 2.90. The zero-order valence-corrected chi connectivity index (χ0v) is 15.4. The average molecular weight is 434 g/mol. The number of carboxylic acids is 2. The number of rotatable bonds is 6. The van der Waals surface area contributed by atoms with Gasteiger partial charge in [0, 0.05) is 17.2 Å². The zero-order chi connectivity index (χ0) is 22.9. The first kappa shape index (κ1) is 21.4. The Balaban J connectivity index is 2.04. The van der Waals surface area contributed by atoms with Crippen LogP contribution in [0.5, 0.6) is 5.75 Å². The van der Waals surface area contributed by atoms with E-state index in [1.54, 1.807) is 0 Å². The number of H-pyrrole nitrogens is 1. The van der Waals surface area contributed by atoms with E-state index in [0.717, 1.165) is 30.3 Å². The van der Waals surface area contributed by atoms with E-state index in [9.17, 15) is 37.8 Å². The molecule has 2 aromatic carbocycles. The van der Waals surface area contributed by atoms with E-state index in [-0.39, 0.29) is 16.9 Å². The summed E-state index contributed by atoms with van der Waals surface area (Å²) < 4.78 is 46.4. The van der Waals surface area contributed by atoms with Crippen LogP contribution >= 0.6 is 0 Å². The molecule has 0 aliphatic heterocycles. The van der Waals surface area contributed by atoms with E-state index in [1.165, 1.54) is 0 Å². The van der Waals surface area contributed by atoms with Gasteiger partial charge in [-0.1, -0.05) is 6.07 Å². The molecule has 0 bridgehead atoms. The van der Waals surface area contributed by atoms with Crippen molar-refractivity contribution in [3.63, 3.8) is 0 Å². The molecule has 0 fully saturated rings. The topological polar surface area (TPSA) is 143 Å². The molecule has 31 heavy (non-hydrogen) atoms. The van der Waals surface area contributed by atoms with Crippen molar-refractivity contribution in [1.29, 1.82) is 0 Å². The summed E-state index contributed by atoms with van der Waals surface area (Å²) >= 11 is 0. The van der Waals surface area contributed by atoms with Gasteiger partial charge in [0.1, 0.15) is 35.2 Å². The third kappa shape index (κ3) is 4.20. The molecule has 0 aliphatic carbocycles. The lowest BCUT2D eigenvalue weighted by atomic mass is 9.95. The number of aromatic carboxylic acids is 2. The quantitative estimate of drug-likeness (QED) is 0.467. The number of nitrogen functional groups attached to an aromatic ring is 1. The molecule has 160 valence electrons. The van der Waals surface area contributed by atoms with E-state index in [1.807, 2.05) is 4.98 Å². The summed E-state index contributed by atoms with van der Waals surface area (Å²) in [5.41, 5.74) is 1.80. The molecule has 0 spiro atoms. The van der Waals surface area contributed by atoms with Gasteiger partial charge in [-0.05, 0) is 29.8 Å². The second-order valence-corrected chi connectivity index (χ2v) is 6.27. The van der Waals surface area contributed by atoms with E-state index in [2.05, 4.69) is 0 Å². The molecule has 0 saturated carbocycles. The molecule has 0 radical (unpaired) electrons. The molecule has 0 atom stereocenters. The van der Waals surface area contributed by atoms with Gasteiger partial charge in [-0.25, -0.2) is 22.8 Å². The van der Waals surface area contributed by atoms with Gasteiger partial charge in [0.25, 0.3) is 5.56 Å². The minimum atomic E-state index is -1.74. The van der Waals surface area contributed by atoms with Crippen molar-refractivity contribution in [2.45, 2.75) is 6.61 Å². The van der Waals surface area contributed by atoms with Crippen LogP contribution in [0.2, 0.25) is 0 Å². The largest absolute Gasteiger partial charge is 0.486 e. The summed E-state index contributed by atoms with van der Waals surface area (Å²) in [4.78, 5) is 37.1. The Hall–Kier alpha value is -4.28. The predicted molar refractivity (Wildman–Crippen MR) is 101 cm³/mol. The summed E-state index contributed by atoms with van der Waals surface area (Å²) in [6.45, 7) is -0.443. The van der Waals surface area contributed by atoms with E-state index in [4.69, 9.17) is 10.5 Å². The number of ether oxygens (including phenoxy) is 1. The third-order valence-corrected chi connectivity index (χ3v) is 4.29. The Morgan fingerprint density at radius 3 is 2.23 bits per heavy atom. The standard InChI is InChI=1S/C20H13F3N2O6/c21-10-3-1-9(11(22)6-10)7-31-13-4-2-8(5-12(13)23)14-15(19(27)28)17(24)25-18(26)16(14)20(29)30/h1-6H,7H2,(H,27,28)(H,29,30)(H3,24,25,26). The molecule has 3 aromatic rings. The zero-order valence-electron chi connectivity index (χ0n) is 15.4. The number of halogens is 3. The molecule has 11 heteroatoms. The maximum atomic E-state index is 14.6. The highest BCUT2D eigenvalue weighted by Gasteiger charge is 2.27. The number of nitrogens with two attached hydrogens (primary N) is 1. The van der Waals surface area contributed by atoms with Gasteiger partial charge in [-0.15, -0.1) is 0 Å². The molecular weight excluding hydrogens is 421 g/mol. The second-order valence-electron chi connectivity index (χ2n) is 6.27. The molecule has 0 amide bonds. The number of benzene rings is 2. The number of nitrogens with one attached hydrogen (secondary N) is 1. The highest BCUT2D eigenvalue weighted by Crippen LogP contribution is 2.32. The van der Waals surface area contributed by atoms with Crippen LogP contribution in [0.15, 0.2) is 41.2 Å². The monoisotopic (exact) mass is 434 g/mol. The van der Waals surface area contributed by atoms with Crippen molar-refractivity contribution < 1.29 is 37.7 Å². The molecule has 0 saturated heterocycles. The molecule has 0 aliphatic rings. The maximum absolute atomic E-state index is 14.6. The van der Waals surface area contributed by atoms with Gasteiger partial charge in [0.2, 0.25) is 0 Å². The lowest BCUT2D eigenvalue weighted by Crippen LogP contribution is -2.24. The lowest BCUT2D eigenvalue weighted by molar-refractivity contribution is 0.0695. The van der Waals surface area contributed by atoms with Crippen LogP contribution < -0.4 is 16.0 Å². The first-order valence-electron chi connectivity index (χ1n) is 8.49. The lowest BCUT2D eigenvalue weighted by Gasteiger charge is -2.14. The SMILES string of the molecule is Nc1[nH]c(=O)c(C(=O)O)c(-c2ccc(OCc3ccc(F)cc3F)c(F)c2)c1C(=O)O. The van der Waals surface area contributed by atoms with Gasteiger partial charge in [-0.3, -0.25) is 4.79 Å². The van der Waals surface area contributed by atoms with Crippen LogP contribution in [0.25, 0.3) is 11.1 Å². The highest BCUT2D eigenvalue weighted by molar-refractivity contribution is 6.07. The smallest absolute Gasteiger partial charge is 0.342 e. The van der Waals surface area contributed by atoms with Crippen molar-refractivity contribution in [1.82, 2.24) is 4.98 Å². The molecule has 8 nitrogen and oxygen atoms in total. The van der Waals surface area contributed by atoms with Gasteiger partial charge < -0.3 is 25.7 Å². The Labute approximate surface area is 171 Å². The number of aromatic nitrogens is 1. The van der Waals surface area contributed by atoms with E-state index < -0.39 is 64.1 Å². The van der Waals surface area contributed by atoms with Gasteiger partial charge >= 0.3 is 11.9 Å². The minimum Gasteiger partial charge on any atom is -0.486 e. The van der Waals surface area contributed by atoms with Gasteiger partial charge in [-0.2, -0.15) is 0 Å². The van der Waals surface area contributed by atoms with Crippen molar-refractivity contribution in [2.75, 3.05) is 5.73 Å². The maximum Gasteiger partial charge on any atom is 0.342 e. The molecule has 5 N–H and O–H groups in total. The fraction of sp³-hybridized carbons (Fsp3) is 0.0500. The van der Waals surface area contributed by atoms with Crippen molar-refractivity contribution >= 4 is 17.8 Å². The first-order chi connectivity index (χ1) is 14.6. The molecular formula is C20H13F3N2O6. The number of aromatic amines is 1. The summed E-state index contributed by atoms with van der Waals surface area (Å²) in [6, 6.07) is 5.67. The Kier molecular flexibility index (Phi) is 5.68. The second kappa shape index (κ2) is 8.22. The number of hydrogen-bond donors (Lipinski definition) is 4. The average Bonchev–Trinajstić information content (AvgIpc) is 2.66. The van der Waals surface area contributed by atoms with Crippen LogP contribution in [0.1, 0.15) is 26.3 Å². The Morgan fingerprint density at radius 2 is 1.65 bits per heavy atom. The number of carboxylic acid groups (broad SMARTS) is 2.